The summed E-state index contributed by atoms with van der Waals surface area (Å²) in [4.78, 5) is 10.5. The molecule has 0 amide bonds. The lowest BCUT2D eigenvalue weighted by Gasteiger charge is -2.19. The van der Waals surface area contributed by atoms with E-state index in [2.05, 4.69) is 0 Å². The summed E-state index contributed by atoms with van der Waals surface area (Å²) in [5, 5.41) is 8.56. The molecule has 1 rings (SSSR count). The van der Waals surface area contributed by atoms with Crippen molar-refractivity contribution in [2.24, 2.45) is 0 Å². The molecule has 1 aromatic carbocycles. The van der Waals surface area contributed by atoms with Gasteiger partial charge in [-0.1, -0.05) is 0 Å². The molecular weight excluding hydrogens is 234 g/mol. The second-order valence-corrected chi connectivity index (χ2v) is 8.71. The summed E-state index contributed by atoms with van der Waals surface area (Å²) in [5.74, 6) is -3.85. The van der Waals surface area contributed by atoms with Crippen molar-refractivity contribution in [1.29, 1.82) is 0 Å². The molecule has 16 heavy (non-hydrogen) atoms. The highest BCUT2D eigenvalue weighted by molar-refractivity contribution is 6.70. The monoisotopic (exact) mass is 246 g/mol. The molecule has 1 aromatic rings. The highest BCUT2D eigenvalue weighted by Gasteiger charge is 2.21. The minimum Gasteiger partial charge on any atom is -0.544 e. The molecule has 0 spiro atoms. The molecule has 6 heteroatoms. The second-order valence-electron chi connectivity index (χ2n) is 4.28. The fourth-order valence-electron chi connectivity index (χ4n) is 1.17. The first-order valence-electron chi connectivity index (χ1n) is 4.62. The highest BCUT2D eigenvalue weighted by atomic mass is 28.4. The number of rotatable bonds is 3. The van der Waals surface area contributed by atoms with Gasteiger partial charge in [-0.05, 0) is 19.6 Å². The third kappa shape index (κ3) is 3.03. The normalized spacial score (nSPS) is 11.3. The Bertz CT molecular complexity index is 404. The summed E-state index contributed by atoms with van der Waals surface area (Å²) in [7, 11) is -1.97. The molecule has 0 atom stereocenters. The van der Waals surface area contributed by atoms with Gasteiger partial charge in [-0.3, -0.25) is 0 Å². The predicted molar refractivity (Wildman–Crippen MR) is 57.3 cm³/mol. The van der Waals surface area contributed by atoms with Crippen LogP contribution in [0, 0.1) is 11.6 Å². The van der Waals surface area contributed by atoms with Crippen LogP contribution in [-0.4, -0.2) is 19.4 Å². The fourth-order valence-corrected chi connectivity index (χ4v) is 1.99. The van der Waals surface area contributed by atoms with Crippen LogP contribution in [0.5, 0.6) is 5.75 Å². The number of benzene rings is 1. The fraction of sp³-hybridized carbons (Fsp3) is 0.300. The Morgan fingerprint density at radius 1 is 1.25 bits per heavy atom. The van der Waals surface area contributed by atoms with Gasteiger partial charge in [-0.2, -0.15) is 0 Å². The topological polar surface area (TPSA) is 46.5 Å². The zero-order chi connectivity index (χ0) is 12.5. The summed E-state index contributed by atoms with van der Waals surface area (Å²) in [6, 6.07) is 1.79. The Morgan fingerprint density at radius 3 is 2.00 bits per heavy atom. The van der Waals surface area contributed by atoms with Crippen molar-refractivity contribution in [2.75, 3.05) is 0 Å². The maximum Gasteiger partial charge on any atom is 0.341 e. The minimum absolute atomic E-state index is 0.0270. The van der Waals surface area contributed by atoms with Crippen LogP contribution in [0.25, 0.3) is 0 Å². The van der Waals surface area contributed by atoms with Crippen LogP contribution in [0.4, 0.5) is 8.78 Å². The molecule has 0 aliphatic rings. The molecule has 0 aliphatic carbocycles. The zero-order valence-electron chi connectivity index (χ0n) is 9.17. The van der Waals surface area contributed by atoms with Crippen LogP contribution in [0.2, 0.25) is 19.6 Å². The second kappa shape index (κ2) is 4.21. The Labute approximate surface area is 92.8 Å². The van der Waals surface area contributed by atoms with Crippen molar-refractivity contribution in [3.05, 3.63) is 29.3 Å². The van der Waals surface area contributed by atoms with E-state index in [-0.39, 0.29) is 5.75 Å². The van der Waals surface area contributed by atoms with E-state index in [0.29, 0.717) is 0 Å². The number of carbonyl (C=O) groups is 1. The van der Waals surface area contributed by atoms with Gasteiger partial charge >= 0.3 is 5.97 Å². The highest BCUT2D eigenvalue weighted by Crippen LogP contribution is 2.23. The molecule has 0 aromatic heterocycles. The van der Waals surface area contributed by atoms with Crippen molar-refractivity contribution in [1.82, 2.24) is 0 Å². The smallest absolute Gasteiger partial charge is 0.341 e. The van der Waals surface area contributed by atoms with Crippen LogP contribution in [0.3, 0.4) is 0 Å². The molecule has 0 aliphatic heterocycles. The van der Waals surface area contributed by atoms with E-state index in [0.717, 1.165) is 12.1 Å². The van der Waals surface area contributed by atoms with Gasteiger partial charge in [-0.15, -0.1) is 0 Å². The summed E-state index contributed by atoms with van der Waals surface area (Å²) < 4.78 is 31.9. The molecule has 0 saturated heterocycles. The molecule has 1 N–H and O–H groups in total. The molecule has 0 radical (unpaired) electrons. The number of carboxylic acids is 1. The van der Waals surface area contributed by atoms with Crippen LogP contribution in [0.1, 0.15) is 10.4 Å². The molecule has 0 fully saturated rings. The van der Waals surface area contributed by atoms with Gasteiger partial charge in [0.2, 0.25) is 8.32 Å². The van der Waals surface area contributed by atoms with Crippen LogP contribution in [-0.2, 0) is 0 Å². The number of halogens is 2. The van der Waals surface area contributed by atoms with Crippen molar-refractivity contribution in [3.8, 4) is 5.75 Å². The first-order chi connectivity index (χ1) is 7.20. The van der Waals surface area contributed by atoms with Gasteiger partial charge in [0, 0.05) is 12.1 Å². The summed E-state index contributed by atoms with van der Waals surface area (Å²) in [5.41, 5.74) is -0.956. The quantitative estimate of drug-likeness (QED) is 0.834. The molecule has 0 unspecified atom stereocenters. The van der Waals surface area contributed by atoms with Crippen LogP contribution >= 0.6 is 0 Å². The van der Waals surface area contributed by atoms with E-state index in [9.17, 15) is 13.6 Å². The van der Waals surface area contributed by atoms with E-state index in [4.69, 9.17) is 9.53 Å². The Morgan fingerprint density at radius 2 is 1.69 bits per heavy atom. The molecule has 3 nitrogen and oxygen atoms in total. The Balaban J connectivity index is 3.15. The summed E-state index contributed by atoms with van der Waals surface area (Å²) in [6.45, 7) is 5.57. The Kier molecular flexibility index (Phi) is 3.32. The first kappa shape index (κ1) is 12.6. The van der Waals surface area contributed by atoms with Gasteiger partial charge < -0.3 is 9.53 Å². The third-order valence-corrected chi connectivity index (χ3v) is 2.50. The molecule has 0 heterocycles. The molecule has 0 bridgehead atoms. The molecular formula is C10H12F2O3Si. The number of carboxylic acid groups (broad SMARTS) is 1. The summed E-state index contributed by atoms with van der Waals surface area (Å²) >= 11 is 0. The van der Waals surface area contributed by atoms with Crippen LogP contribution < -0.4 is 4.43 Å². The summed E-state index contributed by atoms with van der Waals surface area (Å²) in [6.07, 6.45) is 0. The lowest BCUT2D eigenvalue weighted by molar-refractivity contribution is 0.0686. The SMILES string of the molecule is C[Si](C)(C)Oc1cc(F)c(C(=O)O)c(F)c1. The minimum atomic E-state index is -1.97. The van der Waals surface area contributed by atoms with E-state index in [1.165, 1.54) is 0 Å². The van der Waals surface area contributed by atoms with E-state index < -0.39 is 31.5 Å². The number of hydrogen-bond acceptors (Lipinski definition) is 2. The van der Waals surface area contributed by atoms with Crippen molar-refractivity contribution < 1.29 is 23.1 Å². The van der Waals surface area contributed by atoms with E-state index in [1.807, 2.05) is 19.6 Å². The first-order valence-corrected chi connectivity index (χ1v) is 8.03. The number of aromatic carboxylic acids is 1. The van der Waals surface area contributed by atoms with E-state index >= 15 is 0 Å². The van der Waals surface area contributed by atoms with Gasteiger partial charge in [0.15, 0.2) is 0 Å². The van der Waals surface area contributed by atoms with Crippen molar-refractivity contribution in [3.63, 3.8) is 0 Å². The van der Waals surface area contributed by atoms with Gasteiger partial charge in [-0.25, -0.2) is 13.6 Å². The average Bonchev–Trinajstić information content (AvgIpc) is 1.96. The predicted octanol–water partition coefficient (Wildman–Crippen LogP) is 2.88. The maximum atomic E-state index is 13.3. The Hall–Kier alpha value is -1.43. The lowest BCUT2D eigenvalue weighted by atomic mass is 10.2. The van der Waals surface area contributed by atoms with Crippen molar-refractivity contribution in [2.45, 2.75) is 19.6 Å². The van der Waals surface area contributed by atoms with Gasteiger partial charge in [0.05, 0.1) is 0 Å². The van der Waals surface area contributed by atoms with Crippen molar-refractivity contribution >= 4 is 14.3 Å². The van der Waals surface area contributed by atoms with Crippen LogP contribution in [0.15, 0.2) is 12.1 Å². The largest absolute Gasteiger partial charge is 0.544 e. The van der Waals surface area contributed by atoms with E-state index in [1.54, 1.807) is 0 Å². The zero-order valence-corrected chi connectivity index (χ0v) is 10.2. The third-order valence-electron chi connectivity index (χ3n) is 1.65. The van der Waals surface area contributed by atoms with Gasteiger partial charge in [0.25, 0.3) is 0 Å². The molecule has 0 saturated carbocycles. The average molecular weight is 246 g/mol. The lowest BCUT2D eigenvalue weighted by Crippen LogP contribution is -2.29. The van der Waals surface area contributed by atoms with Gasteiger partial charge in [0.1, 0.15) is 22.9 Å². The molecule has 88 valence electrons. The number of hydrogen-bond donors (Lipinski definition) is 1. The standard InChI is InChI=1S/C10H12F2O3Si/c1-16(2,3)15-6-4-7(11)9(10(13)14)8(12)5-6/h4-5H,1-3H3,(H,13,14). The maximum absolute atomic E-state index is 13.3.